The van der Waals surface area contributed by atoms with E-state index in [1.54, 1.807) is 12.4 Å². The van der Waals surface area contributed by atoms with E-state index in [0.717, 1.165) is 37.5 Å². The second kappa shape index (κ2) is 9.05. The van der Waals surface area contributed by atoms with Gasteiger partial charge in [0.05, 0.1) is 18.0 Å². The van der Waals surface area contributed by atoms with Crippen molar-refractivity contribution in [3.05, 3.63) is 52.8 Å². The Hall–Kier alpha value is -2.89. The highest BCUT2D eigenvalue weighted by molar-refractivity contribution is 6.30. The van der Waals surface area contributed by atoms with Gasteiger partial charge in [-0.1, -0.05) is 23.7 Å². The second-order valence-corrected chi connectivity index (χ2v) is 10.6. The fourth-order valence-corrected chi connectivity index (χ4v) is 5.81. The van der Waals surface area contributed by atoms with Gasteiger partial charge in [-0.2, -0.15) is 5.26 Å². The van der Waals surface area contributed by atoms with E-state index in [4.69, 9.17) is 16.9 Å². The van der Waals surface area contributed by atoms with Crippen molar-refractivity contribution < 1.29 is 4.79 Å². The molecule has 1 N–H and O–H groups in total. The summed E-state index contributed by atoms with van der Waals surface area (Å²) in [6.45, 7) is 8.56. The molecule has 1 aliphatic carbocycles. The number of carbonyl (C=O) groups excluding carboxylic acids is 1. The Morgan fingerprint density at radius 1 is 1.15 bits per heavy atom. The molecule has 1 aromatic heterocycles. The number of nitrogens with zero attached hydrogens (tertiary/aromatic N) is 6. The van der Waals surface area contributed by atoms with Gasteiger partial charge in [0.15, 0.2) is 0 Å². The van der Waals surface area contributed by atoms with Crippen LogP contribution in [0.5, 0.6) is 0 Å². The lowest BCUT2D eigenvalue weighted by atomic mass is 9.60. The maximum atomic E-state index is 13.0. The lowest BCUT2D eigenvalue weighted by Gasteiger charge is -2.59. The van der Waals surface area contributed by atoms with Crippen LogP contribution in [0, 0.1) is 16.7 Å². The van der Waals surface area contributed by atoms with Crippen molar-refractivity contribution in [2.45, 2.75) is 51.4 Å². The minimum Gasteiger partial charge on any atom is -0.335 e. The van der Waals surface area contributed by atoms with E-state index >= 15 is 0 Å². The summed E-state index contributed by atoms with van der Waals surface area (Å²) in [5, 5.41) is 13.0. The molecule has 3 aliphatic rings. The molecule has 2 aromatic rings. The maximum Gasteiger partial charge on any atom is 0.317 e. The van der Waals surface area contributed by atoms with Gasteiger partial charge < -0.3 is 15.1 Å². The number of urea groups is 1. The number of piperazine rings is 1. The molecule has 1 saturated carbocycles. The van der Waals surface area contributed by atoms with Crippen LogP contribution in [0.1, 0.15) is 37.8 Å². The smallest absolute Gasteiger partial charge is 0.317 e. The van der Waals surface area contributed by atoms with Crippen LogP contribution in [0.4, 0.5) is 10.7 Å². The Kier molecular flexibility index (Phi) is 6.09. The molecule has 0 unspecified atom stereocenters. The molecule has 9 heteroatoms. The SMILES string of the molecule is C[C@@H]1CN(c2ncc(C#N)cn2)[C@@H](C)CN1C(=O)NC1CC2(C1)CN(Cc1ccc(Cl)cc1)C2. The van der Waals surface area contributed by atoms with Crippen molar-refractivity contribution in [2.24, 2.45) is 5.41 Å². The lowest BCUT2D eigenvalue weighted by molar-refractivity contribution is -0.0811. The molecule has 2 saturated heterocycles. The van der Waals surface area contributed by atoms with E-state index < -0.39 is 0 Å². The number of nitriles is 1. The van der Waals surface area contributed by atoms with E-state index in [0.29, 0.717) is 30.0 Å². The number of rotatable bonds is 4. The summed E-state index contributed by atoms with van der Waals surface area (Å²) < 4.78 is 0. The molecule has 2 atom stereocenters. The third-order valence-corrected chi connectivity index (χ3v) is 7.65. The van der Waals surface area contributed by atoms with Gasteiger partial charge in [-0.05, 0) is 49.8 Å². The standard InChI is InChI=1S/C25H30ClN7O/c1-17-13-33(18(2)12-32(17)23-28-10-20(9-27)11-29-23)24(34)30-22-7-25(8-22)15-31(16-25)14-19-3-5-21(26)6-4-19/h3-6,10-11,17-18,22H,7-8,12-16H2,1-2H3,(H,30,34)/t17-,18+/m0/s1. The molecule has 1 aromatic carbocycles. The zero-order valence-electron chi connectivity index (χ0n) is 19.6. The summed E-state index contributed by atoms with van der Waals surface area (Å²) >= 11 is 5.98. The van der Waals surface area contributed by atoms with Crippen molar-refractivity contribution >= 4 is 23.6 Å². The molecule has 1 spiro atoms. The number of hydrogen-bond acceptors (Lipinski definition) is 6. The topological polar surface area (TPSA) is 88.4 Å². The molecule has 3 fully saturated rings. The number of aromatic nitrogens is 2. The largest absolute Gasteiger partial charge is 0.335 e. The van der Waals surface area contributed by atoms with Crippen LogP contribution in [0.3, 0.4) is 0 Å². The van der Waals surface area contributed by atoms with Crippen molar-refractivity contribution in [2.75, 3.05) is 31.1 Å². The van der Waals surface area contributed by atoms with Crippen LogP contribution in [0.25, 0.3) is 0 Å². The van der Waals surface area contributed by atoms with Crippen LogP contribution in [0.15, 0.2) is 36.7 Å². The minimum absolute atomic E-state index is 0.0249. The van der Waals surface area contributed by atoms with E-state index in [1.165, 1.54) is 5.56 Å². The summed E-state index contributed by atoms with van der Waals surface area (Å²) in [4.78, 5) is 28.2. The van der Waals surface area contributed by atoms with Gasteiger partial charge in [-0.25, -0.2) is 14.8 Å². The zero-order chi connectivity index (χ0) is 23.9. The molecule has 2 aliphatic heterocycles. The van der Waals surface area contributed by atoms with Gasteiger partial charge in [0.2, 0.25) is 5.95 Å². The van der Waals surface area contributed by atoms with Gasteiger partial charge in [0.1, 0.15) is 6.07 Å². The summed E-state index contributed by atoms with van der Waals surface area (Å²) in [7, 11) is 0. The normalized spacial score (nSPS) is 24.3. The third kappa shape index (κ3) is 4.55. The first-order valence-electron chi connectivity index (χ1n) is 11.9. The second-order valence-electron chi connectivity index (χ2n) is 10.2. The Bertz CT molecular complexity index is 1070. The molecular formula is C25H30ClN7O. The molecule has 0 radical (unpaired) electrons. The summed E-state index contributed by atoms with van der Waals surface area (Å²) in [5.41, 5.74) is 2.10. The molecule has 2 amide bonds. The van der Waals surface area contributed by atoms with Crippen LogP contribution in [-0.4, -0.2) is 70.1 Å². The molecule has 0 bridgehead atoms. The van der Waals surface area contributed by atoms with E-state index in [-0.39, 0.29) is 24.2 Å². The first kappa shape index (κ1) is 22.9. The van der Waals surface area contributed by atoms with Crippen molar-refractivity contribution in [1.82, 2.24) is 25.1 Å². The Morgan fingerprint density at radius 2 is 1.82 bits per heavy atom. The molecule has 3 heterocycles. The highest BCUT2D eigenvalue weighted by Crippen LogP contribution is 2.48. The number of carbonyl (C=O) groups is 1. The van der Waals surface area contributed by atoms with E-state index in [9.17, 15) is 4.79 Å². The molecule has 34 heavy (non-hydrogen) atoms. The number of hydrogen-bond donors (Lipinski definition) is 1. The molecule has 178 valence electrons. The van der Waals surface area contributed by atoms with E-state index in [2.05, 4.69) is 51.1 Å². The van der Waals surface area contributed by atoms with Crippen LogP contribution in [0.2, 0.25) is 5.02 Å². The third-order valence-electron chi connectivity index (χ3n) is 7.39. The van der Waals surface area contributed by atoms with Gasteiger partial charge in [-0.15, -0.1) is 0 Å². The summed E-state index contributed by atoms with van der Waals surface area (Å²) in [5.74, 6) is 0.604. The quantitative estimate of drug-likeness (QED) is 0.724. The van der Waals surface area contributed by atoms with Crippen molar-refractivity contribution in [1.29, 1.82) is 5.26 Å². The highest BCUT2D eigenvalue weighted by atomic mass is 35.5. The Labute approximate surface area is 205 Å². The average Bonchev–Trinajstić information content (AvgIpc) is 2.78. The molecular weight excluding hydrogens is 450 g/mol. The summed E-state index contributed by atoms with van der Waals surface area (Å²) in [6, 6.07) is 10.5. The number of benzene rings is 1. The number of nitrogens with one attached hydrogen (secondary N) is 1. The number of halogens is 1. The van der Waals surface area contributed by atoms with Gasteiger partial charge in [0.25, 0.3) is 0 Å². The average molecular weight is 480 g/mol. The first-order chi connectivity index (χ1) is 16.3. The minimum atomic E-state index is 0.0249. The Morgan fingerprint density at radius 3 is 2.47 bits per heavy atom. The Balaban J connectivity index is 1.08. The van der Waals surface area contributed by atoms with Crippen LogP contribution < -0.4 is 10.2 Å². The van der Waals surface area contributed by atoms with Gasteiger partial charge in [0, 0.05) is 55.9 Å². The van der Waals surface area contributed by atoms with Crippen LogP contribution in [-0.2, 0) is 6.54 Å². The predicted molar refractivity (Wildman–Crippen MR) is 130 cm³/mol. The van der Waals surface area contributed by atoms with Gasteiger partial charge in [-0.3, -0.25) is 4.90 Å². The molecule has 5 rings (SSSR count). The highest BCUT2D eigenvalue weighted by Gasteiger charge is 2.52. The lowest BCUT2D eigenvalue weighted by Crippen LogP contribution is -2.68. The van der Waals surface area contributed by atoms with Gasteiger partial charge >= 0.3 is 6.03 Å². The number of amides is 2. The monoisotopic (exact) mass is 479 g/mol. The summed E-state index contributed by atoms with van der Waals surface area (Å²) in [6.07, 6.45) is 5.20. The number of likely N-dealkylation sites (tertiary alicyclic amines) is 1. The molecule has 8 nitrogen and oxygen atoms in total. The first-order valence-corrected chi connectivity index (χ1v) is 12.2. The zero-order valence-corrected chi connectivity index (χ0v) is 20.4. The van der Waals surface area contributed by atoms with E-state index in [1.807, 2.05) is 23.1 Å². The van der Waals surface area contributed by atoms with Crippen LogP contribution >= 0.6 is 11.6 Å². The maximum absolute atomic E-state index is 13.0. The van der Waals surface area contributed by atoms with Crippen molar-refractivity contribution in [3.8, 4) is 6.07 Å². The predicted octanol–water partition coefficient (Wildman–Crippen LogP) is 3.27. The fraction of sp³-hybridized carbons (Fsp3) is 0.520. The number of anilines is 1. The van der Waals surface area contributed by atoms with Crippen molar-refractivity contribution in [3.63, 3.8) is 0 Å². The fourth-order valence-electron chi connectivity index (χ4n) is 5.68.